The first kappa shape index (κ1) is 13.4. The molecule has 1 aliphatic rings. The lowest BCUT2D eigenvalue weighted by Crippen LogP contribution is -2.06. The summed E-state index contributed by atoms with van der Waals surface area (Å²) in [6.45, 7) is 0. The summed E-state index contributed by atoms with van der Waals surface area (Å²) >= 11 is 1.61. The topological polar surface area (TPSA) is 43.1 Å². The predicted octanol–water partition coefficient (Wildman–Crippen LogP) is 3.79. The first-order valence-corrected chi connectivity index (χ1v) is 7.86. The lowest BCUT2D eigenvalue weighted by Gasteiger charge is -2.04. The molecule has 0 atom stereocenters. The van der Waals surface area contributed by atoms with E-state index >= 15 is 0 Å². The highest BCUT2D eigenvalue weighted by Gasteiger charge is 2.33. The van der Waals surface area contributed by atoms with Gasteiger partial charge in [-0.3, -0.25) is 4.79 Å². The number of carbonyl (C=O) groups is 1. The SMILES string of the molecule is CSCc1ccc(C(=O)c2cnoc2C2CC2)c(F)c1. The van der Waals surface area contributed by atoms with E-state index in [2.05, 4.69) is 5.16 Å². The lowest BCUT2D eigenvalue weighted by atomic mass is 10.0. The Morgan fingerprint density at radius 3 is 2.90 bits per heavy atom. The smallest absolute Gasteiger partial charge is 0.201 e. The summed E-state index contributed by atoms with van der Waals surface area (Å²) < 4.78 is 19.2. The molecule has 1 heterocycles. The fraction of sp³-hybridized carbons (Fsp3) is 0.333. The quantitative estimate of drug-likeness (QED) is 0.786. The van der Waals surface area contributed by atoms with Gasteiger partial charge in [0.05, 0.1) is 17.3 Å². The van der Waals surface area contributed by atoms with E-state index < -0.39 is 5.82 Å². The summed E-state index contributed by atoms with van der Waals surface area (Å²) in [5.74, 6) is 0.773. The van der Waals surface area contributed by atoms with Gasteiger partial charge in [-0.25, -0.2) is 4.39 Å². The molecule has 3 rings (SSSR count). The van der Waals surface area contributed by atoms with Crippen LogP contribution in [-0.4, -0.2) is 17.2 Å². The van der Waals surface area contributed by atoms with Crippen LogP contribution < -0.4 is 0 Å². The van der Waals surface area contributed by atoms with Crippen molar-refractivity contribution in [1.29, 1.82) is 0 Å². The largest absolute Gasteiger partial charge is 0.360 e. The van der Waals surface area contributed by atoms with E-state index in [0.717, 1.165) is 24.2 Å². The maximum absolute atomic E-state index is 14.1. The van der Waals surface area contributed by atoms with Crippen molar-refractivity contribution in [2.45, 2.75) is 24.5 Å². The van der Waals surface area contributed by atoms with Gasteiger partial charge in [0.15, 0.2) is 5.76 Å². The molecule has 104 valence electrons. The van der Waals surface area contributed by atoms with Crippen molar-refractivity contribution in [3.63, 3.8) is 0 Å². The zero-order chi connectivity index (χ0) is 14.1. The molecule has 2 aromatic rings. The predicted molar refractivity (Wildman–Crippen MR) is 75.5 cm³/mol. The second-order valence-corrected chi connectivity index (χ2v) is 5.82. The molecule has 1 fully saturated rings. The molecule has 1 saturated carbocycles. The van der Waals surface area contributed by atoms with Gasteiger partial charge in [0.25, 0.3) is 0 Å². The van der Waals surface area contributed by atoms with Crippen molar-refractivity contribution < 1.29 is 13.7 Å². The molecule has 0 unspecified atom stereocenters. The fourth-order valence-electron chi connectivity index (χ4n) is 2.20. The van der Waals surface area contributed by atoms with Crippen LogP contribution in [0.1, 0.15) is 46.0 Å². The molecule has 0 saturated heterocycles. The highest BCUT2D eigenvalue weighted by atomic mass is 32.2. The molecule has 0 N–H and O–H groups in total. The molecule has 1 aromatic carbocycles. The van der Waals surface area contributed by atoms with E-state index in [0.29, 0.717) is 11.3 Å². The Morgan fingerprint density at radius 1 is 1.45 bits per heavy atom. The zero-order valence-corrected chi connectivity index (χ0v) is 11.9. The minimum Gasteiger partial charge on any atom is -0.360 e. The van der Waals surface area contributed by atoms with Gasteiger partial charge in [0, 0.05) is 11.7 Å². The number of rotatable bonds is 5. The normalized spacial score (nSPS) is 14.5. The highest BCUT2D eigenvalue weighted by Crippen LogP contribution is 2.42. The molecule has 0 aliphatic heterocycles. The summed E-state index contributed by atoms with van der Waals surface area (Å²) in [6.07, 6.45) is 5.36. The standard InChI is InChI=1S/C15H14FNO2S/c1-20-8-9-2-5-11(13(16)6-9)14(18)12-7-17-19-15(12)10-3-4-10/h2,5-7,10H,3-4,8H2,1H3. The van der Waals surface area contributed by atoms with E-state index in [9.17, 15) is 9.18 Å². The molecule has 0 radical (unpaired) electrons. The molecule has 0 amide bonds. The average Bonchev–Trinajstić information content (AvgIpc) is 3.16. The number of aromatic nitrogens is 1. The van der Waals surface area contributed by atoms with Crippen LogP contribution in [0.25, 0.3) is 0 Å². The molecule has 0 bridgehead atoms. The summed E-state index contributed by atoms with van der Waals surface area (Å²) in [5, 5.41) is 3.69. The first-order chi connectivity index (χ1) is 9.70. The monoisotopic (exact) mass is 291 g/mol. The fourth-order valence-corrected chi connectivity index (χ4v) is 2.72. The lowest BCUT2D eigenvalue weighted by molar-refractivity contribution is 0.103. The van der Waals surface area contributed by atoms with Crippen LogP contribution in [-0.2, 0) is 5.75 Å². The molecule has 1 aliphatic carbocycles. The van der Waals surface area contributed by atoms with E-state index in [1.807, 2.05) is 6.26 Å². The Morgan fingerprint density at radius 2 is 2.25 bits per heavy atom. The molecular formula is C15H14FNO2S. The highest BCUT2D eigenvalue weighted by molar-refractivity contribution is 7.97. The Balaban J connectivity index is 1.91. The van der Waals surface area contributed by atoms with Gasteiger partial charge in [-0.15, -0.1) is 0 Å². The molecular weight excluding hydrogens is 277 g/mol. The van der Waals surface area contributed by atoms with Gasteiger partial charge in [-0.05, 0) is 36.8 Å². The van der Waals surface area contributed by atoms with E-state index in [1.165, 1.54) is 12.3 Å². The number of halogens is 1. The number of hydrogen-bond acceptors (Lipinski definition) is 4. The minimum atomic E-state index is -0.482. The third-order valence-corrected chi connectivity index (χ3v) is 4.00. The van der Waals surface area contributed by atoms with Crippen LogP contribution in [0.2, 0.25) is 0 Å². The summed E-state index contributed by atoms with van der Waals surface area (Å²) in [5.41, 5.74) is 1.35. The van der Waals surface area contributed by atoms with Gasteiger partial charge in [0.1, 0.15) is 5.82 Å². The Bertz CT molecular complexity index is 649. The summed E-state index contributed by atoms with van der Waals surface area (Å²) in [7, 11) is 0. The Hall–Kier alpha value is -1.62. The average molecular weight is 291 g/mol. The Kier molecular flexibility index (Phi) is 3.61. The number of hydrogen-bond donors (Lipinski definition) is 0. The third-order valence-electron chi connectivity index (χ3n) is 3.38. The second-order valence-electron chi connectivity index (χ2n) is 4.95. The van der Waals surface area contributed by atoms with Gasteiger partial charge in [-0.2, -0.15) is 11.8 Å². The van der Waals surface area contributed by atoms with Crippen molar-refractivity contribution in [3.8, 4) is 0 Å². The second kappa shape index (κ2) is 5.40. The Labute approximate surface area is 120 Å². The first-order valence-electron chi connectivity index (χ1n) is 6.47. The van der Waals surface area contributed by atoms with Crippen LogP contribution in [0.4, 0.5) is 4.39 Å². The molecule has 20 heavy (non-hydrogen) atoms. The van der Waals surface area contributed by atoms with Crippen molar-refractivity contribution >= 4 is 17.5 Å². The van der Waals surface area contributed by atoms with Crippen molar-refractivity contribution in [2.75, 3.05) is 6.26 Å². The van der Waals surface area contributed by atoms with Gasteiger partial charge >= 0.3 is 0 Å². The van der Waals surface area contributed by atoms with Crippen LogP contribution in [0.15, 0.2) is 28.9 Å². The van der Waals surface area contributed by atoms with Crippen molar-refractivity contribution in [2.24, 2.45) is 0 Å². The molecule has 0 spiro atoms. The van der Waals surface area contributed by atoms with Crippen LogP contribution in [0, 0.1) is 5.82 Å². The number of thioether (sulfide) groups is 1. The minimum absolute atomic E-state index is 0.0833. The molecule has 3 nitrogen and oxygen atoms in total. The zero-order valence-electron chi connectivity index (χ0n) is 11.1. The van der Waals surface area contributed by atoms with Gasteiger partial charge in [0.2, 0.25) is 5.78 Å². The number of benzene rings is 1. The van der Waals surface area contributed by atoms with E-state index in [4.69, 9.17) is 4.52 Å². The van der Waals surface area contributed by atoms with Crippen molar-refractivity contribution in [1.82, 2.24) is 5.16 Å². The van der Waals surface area contributed by atoms with Crippen LogP contribution >= 0.6 is 11.8 Å². The number of ketones is 1. The van der Waals surface area contributed by atoms with E-state index in [-0.39, 0.29) is 17.3 Å². The van der Waals surface area contributed by atoms with Gasteiger partial charge < -0.3 is 4.52 Å². The van der Waals surface area contributed by atoms with E-state index in [1.54, 1.807) is 23.9 Å². The van der Waals surface area contributed by atoms with Crippen LogP contribution in [0.5, 0.6) is 0 Å². The maximum atomic E-state index is 14.1. The molecule has 1 aromatic heterocycles. The summed E-state index contributed by atoms with van der Waals surface area (Å²) in [6, 6.07) is 4.76. The molecule has 5 heteroatoms. The van der Waals surface area contributed by atoms with Gasteiger partial charge in [-0.1, -0.05) is 11.2 Å². The summed E-state index contributed by atoms with van der Waals surface area (Å²) in [4.78, 5) is 12.4. The van der Waals surface area contributed by atoms with Crippen molar-refractivity contribution in [3.05, 3.63) is 52.7 Å². The number of nitrogens with zero attached hydrogens (tertiary/aromatic N) is 1. The number of carbonyl (C=O) groups excluding carboxylic acids is 1. The maximum Gasteiger partial charge on any atom is 0.201 e. The van der Waals surface area contributed by atoms with Crippen LogP contribution in [0.3, 0.4) is 0 Å². The third kappa shape index (κ3) is 2.50.